The largest absolute Gasteiger partial charge is 0.375 e. The van der Waals surface area contributed by atoms with Gasteiger partial charge in [0.05, 0.1) is 18.8 Å². The molecule has 1 amide bonds. The van der Waals surface area contributed by atoms with Gasteiger partial charge in [-0.2, -0.15) is 0 Å². The fraction of sp³-hybridized carbons (Fsp3) is 0.938. The van der Waals surface area contributed by atoms with E-state index in [1.807, 2.05) is 11.8 Å². The molecule has 118 valence electrons. The highest BCUT2D eigenvalue weighted by Gasteiger charge is 2.29. The van der Waals surface area contributed by atoms with Gasteiger partial charge in [-0.3, -0.25) is 4.79 Å². The summed E-state index contributed by atoms with van der Waals surface area (Å²) in [7, 11) is 0. The number of morpholine rings is 1. The van der Waals surface area contributed by atoms with Gasteiger partial charge in [-0.05, 0) is 44.6 Å². The Kier molecular flexibility index (Phi) is 6.46. The summed E-state index contributed by atoms with van der Waals surface area (Å²) in [6.07, 6.45) is 2.70. The molecule has 1 aliphatic heterocycles. The third-order valence-electron chi connectivity index (χ3n) is 4.37. The Morgan fingerprint density at radius 2 is 2.00 bits per heavy atom. The van der Waals surface area contributed by atoms with Crippen LogP contribution in [0.25, 0.3) is 0 Å². The molecule has 0 spiro atoms. The first-order valence-corrected chi connectivity index (χ1v) is 7.86. The maximum absolute atomic E-state index is 12.4. The first kappa shape index (κ1) is 17.4. The normalized spacial score (nSPS) is 25.6. The standard InChI is InChI=1S/C16H32N2O2/c1-12-11-20-13(2)10-18(12)15(19)7-6-14(8-9-17)16(3,4)5/h12-14H,6-11,17H2,1-5H3. The molecule has 0 saturated carbocycles. The van der Waals surface area contributed by atoms with Crippen molar-refractivity contribution in [2.75, 3.05) is 19.7 Å². The summed E-state index contributed by atoms with van der Waals surface area (Å²) >= 11 is 0. The monoisotopic (exact) mass is 284 g/mol. The van der Waals surface area contributed by atoms with E-state index in [4.69, 9.17) is 10.5 Å². The lowest BCUT2D eigenvalue weighted by Crippen LogP contribution is -2.50. The zero-order valence-corrected chi connectivity index (χ0v) is 13.8. The molecule has 1 saturated heterocycles. The maximum Gasteiger partial charge on any atom is 0.222 e. The van der Waals surface area contributed by atoms with Crippen molar-refractivity contribution in [1.82, 2.24) is 4.90 Å². The predicted molar refractivity (Wildman–Crippen MR) is 82.4 cm³/mol. The van der Waals surface area contributed by atoms with E-state index >= 15 is 0 Å². The Bertz CT molecular complexity index is 312. The lowest BCUT2D eigenvalue weighted by Gasteiger charge is -2.37. The molecule has 0 aromatic heterocycles. The number of carbonyl (C=O) groups is 1. The van der Waals surface area contributed by atoms with Crippen molar-refractivity contribution >= 4 is 5.91 Å². The summed E-state index contributed by atoms with van der Waals surface area (Å²) in [5.41, 5.74) is 5.92. The van der Waals surface area contributed by atoms with Gasteiger partial charge in [-0.1, -0.05) is 20.8 Å². The molecule has 4 nitrogen and oxygen atoms in total. The Morgan fingerprint density at radius 1 is 1.35 bits per heavy atom. The molecule has 0 aromatic rings. The number of nitrogens with two attached hydrogens (primary N) is 1. The van der Waals surface area contributed by atoms with Crippen LogP contribution in [0.5, 0.6) is 0 Å². The van der Waals surface area contributed by atoms with Crippen LogP contribution in [0.4, 0.5) is 0 Å². The summed E-state index contributed by atoms with van der Waals surface area (Å²) in [5, 5.41) is 0. The summed E-state index contributed by atoms with van der Waals surface area (Å²) in [6.45, 7) is 12.9. The highest BCUT2D eigenvalue weighted by Crippen LogP contribution is 2.32. The first-order valence-electron chi connectivity index (χ1n) is 7.86. The second kappa shape index (κ2) is 7.41. The van der Waals surface area contributed by atoms with Gasteiger partial charge in [0.1, 0.15) is 0 Å². The Balaban J connectivity index is 2.52. The minimum Gasteiger partial charge on any atom is -0.375 e. The molecular weight excluding hydrogens is 252 g/mol. The third-order valence-corrected chi connectivity index (χ3v) is 4.37. The summed E-state index contributed by atoms with van der Waals surface area (Å²) in [6, 6.07) is 0.196. The topological polar surface area (TPSA) is 55.6 Å². The lowest BCUT2D eigenvalue weighted by molar-refractivity contribution is -0.143. The van der Waals surface area contributed by atoms with Gasteiger partial charge in [0.2, 0.25) is 5.91 Å². The summed E-state index contributed by atoms with van der Waals surface area (Å²) in [4.78, 5) is 14.4. The number of nitrogens with zero attached hydrogens (tertiary/aromatic N) is 1. The minimum absolute atomic E-state index is 0.151. The molecule has 1 aliphatic rings. The van der Waals surface area contributed by atoms with Crippen molar-refractivity contribution in [2.45, 2.75) is 66.0 Å². The van der Waals surface area contributed by atoms with Crippen molar-refractivity contribution in [3.8, 4) is 0 Å². The van der Waals surface area contributed by atoms with Crippen LogP contribution in [0, 0.1) is 11.3 Å². The number of hydrogen-bond donors (Lipinski definition) is 1. The summed E-state index contributed by atoms with van der Waals surface area (Å²) < 4.78 is 5.58. The molecule has 0 aromatic carbocycles. The highest BCUT2D eigenvalue weighted by atomic mass is 16.5. The van der Waals surface area contributed by atoms with Crippen LogP contribution in [0.15, 0.2) is 0 Å². The Hall–Kier alpha value is -0.610. The van der Waals surface area contributed by atoms with Crippen molar-refractivity contribution in [3.05, 3.63) is 0 Å². The summed E-state index contributed by atoms with van der Waals surface area (Å²) in [5.74, 6) is 0.768. The number of amides is 1. The molecule has 1 heterocycles. The molecule has 0 radical (unpaired) electrons. The molecule has 2 N–H and O–H groups in total. The van der Waals surface area contributed by atoms with Crippen LogP contribution in [0.1, 0.15) is 53.9 Å². The fourth-order valence-corrected chi connectivity index (χ4v) is 2.90. The highest BCUT2D eigenvalue weighted by molar-refractivity contribution is 5.76. The van der Waals surface area contributed by atoms with Gasteiger partial charge in [-0.15, -0.1) is 0 Å². The van der Waals surface area contributed by atoms with Crippen LogP contribution >= 0.6 is 0 Å². The maximum atomic E-state index is 12.4. The zero-order valence-electron chi connectivity index (χ0n) is 13.8. The van der Waals surface area contributed by atoms with E-state index < -0.39 is 0 Å². The van der Waals surface area contributed by atoms with Crippen molar-refractivity contribution < 1.29 is 9.53 Å². The number of ether oxygens (including phenoxy) is 1. The van der Waals surface area contributed by atoms with E-state index in [-0.39, 0.29) is 23.5 Å². The van der Waals surface area contributed by atoms with Crippen LogP contribution in [-0.4, -0.2) is 42.6 Å². The molecule has 1 fully saturated rings. The second-order valence-corrected chi connectivity index (χ2v) is 7.22. The van der Waals surface area contributed by atoms with Gasteiger partial charge >= 0.3 is 0 Å². The number of hydrogen-bond acceptors (Lipinski definition) is 3. The molecule has 20 heavy (non-hydrogen) atoms. The van der Waals surface area contributed by atoms with E-state index in [2.05, 4.69) is 27.7 Å². The van der Waals surface area contributed by atoms with Crippen molar-refractivity contribution in [2.24, 2.45) is 17.1 Å². The van der Waals surface area contributed by atoms with Gasteiger partial charge in [0, 0.05) is 13.0 Å². The third kappa shape index (κ3) is 5.06. The van der Waals surface area contributed by atoms with E-state index in [1.54, 1.807) is 0 Å². The Labute approximate surface area is 124 Å². The Morgan fingerprint density at radius 3 is 2.55 bits per heavy atom. The fourth-order valence-electron chi connectivity index (χ4n) is 2.90. The molecular formula is C16H32N2O2. The van der Waals surface area contributed by atoms with Crippen molar-refractivity contribution in [1.29, 1.82) is 0 Å². The van der Waals surface area contributed by atoms with Gasteiger partial charge in [0.15, 0.2) is 0 Å². The van der Waals surface area contributed by atoms with Crippen LogP contribution in [0.3, 0.4) is 0 Å². The quantitative estimate of drug-likeness (QED) is 0.843. The van der Waals surface area contributed by atoms with Gasteiger partial charge < -0.3 is 15.4 Å². The van der Waals surface area contributed by atoms with Crippen LogP contribution in [-0.2, 0) is 9.53 Å². The molecule has 1 rings (SSSR count). The average molecular weight is 284 g/mol. The minimum atomic E-state index is 0.151. The van der Waals surface area contributed by atoms with Crippen LogP contribution in [0.2, 0.25) is 0 Å². The zero-order chi connectivity index (χ0) is 15.3. The van der Waals surface area contributed by atoms with E-state index in [9.17, 15) is 4.79 Å². The number of rotatable bonds is 5. The SMILES string of the molecule is CC1CN(C(=O)CCC(CCN)C(C)(C)C)C(C)CO1. The number of carbonyl (C=O) groups excluding carboxylic acids is 1. The molecule has 0 aliphatic carbocycles. The first-order chi connectivity index (χ1) is 9.25. The molecule has 0 bridgehead atoms. The molecule has 3 atom stereocenters. The lowest BCUT2D eigenvalue weighted by atomic mass is 9.76. The van der Waals surface area contributed by atoms with Gasteiger partial charge in [0.25, 0.3) is 0 Å². The smallest absolute Gasteiger partial charge is 0.222 e. The van der Waals surface area contributed by atoms with Crippen LogP contribution < -0.4 is 5.73 Å². The van der Waals surface area contributed by atoms with E-state index in [1.165, 1.54) is 0 Å². The van der Waals surface area contributed by atoms with Crippen molar-refractivity contribution in [3.63, 3.8) is 0 Å². The average Bonchev–Trinajstić information content (AvgIpc) is 2.35. The predicted octanol–water partition coefficient (Wildman–Crippen LogP) is 2.41. The molecule has 4 heteroatoms. The van der Waals surface area contributed by atoms with Gasteiger partial charge in [-0.25, -0.2) is 0 Å². The van der Waals surface area contributed by atoms with E-state index in [0.717, 1.165) is 19.4 Å². The van der Waals surface area contributed by atoms with E-state index in [0.29, 0.717) is 25.5 Å². The molecule has 3 unspecified atom stereocenters. The second-order valence-electron chi connectivity index (χ2n) is 7.22.